The number of carbonyl (C=O) groups excluding carboxylic acids is 1. The normalized spacial score (nSPS) is 17.5. The van der Waals surface area contributed by atoms with Gasteiger partial charge in [-0.05, 0) is 49.2 Å². The van der Waals surface area contributed by atoms with Crippen molar-refractivity contribution in [2.24, 2.45) is 0 Å². The van der Waals surface area contributed by atoms with Crippen molar-refractivity contribution < 1.29 is 19.0 Å². The van der Waals surface area contributed by atoms with Crippen molar-refractivity contribution in [1.29, 1.82) is 0 Å². The highest BCUT2D eigenvalue weighted by Gasteiger charge is 2.40. The Labute approximate surface area is 193 Å². The van der Waals surface area contributed by atoms with E-state index in [-0.39, 0.29) is 12.5 Å². The van der Waals surface area contributed by atoms with Crippen LogP contribution in [-0.2, 0) is 14.3 Å². The van der Waals surface area contributed by atoms with Gasteiger partial charge in [-0.25, -0.2) is 4.98 Å². The lowest BCUT2D eigenvalue weighted by atomic mass is 10.0. The first-order valence-electron chi connectivity index (χ1n) is 11.4. The van der Waals surface area contributed by atoms with Crippen molar-refractivity contribution in [2.75, 3.05) is 43.1 Å². The van der Waals surface area contributed by atoms with Gasteiger partial charge in [-0.1, -0.05) is 24.3 Å². The molecule has 33 heavy (non-hydrogen) atoms. The summed E-state index contributed by atoms with van der Waals surface area (Å²) in [6.45, 7) is 6.92. The number of para-hydroxylation sites is 1. The summed E-state index contributed by atoms with van der Waals surface area (Å²) < 4.78 is 17.6. The molecule has 2 aromatic carbocycles. The second-order valence-electron chi connectivity index (χ2n) is 8.68. The number of nitrogens with one attached hydrogen (secondary N) is 1. The first kappa shape index (κ1) is 21.7. The SMILES string of the molecule is Cc1cccc(NC(=O)COc2cccc3ccc(N4CCC5(CC4)OCCO5)nc23)c1C. The molecule has 3 heterocycles. The van der Waals surface area contributed by atoms with Crippen molar-refractivity contribution in [2.45, 2.75) is 32.5 Å². The topological polar surface area (TPSA) is 72.9 Å². The monoisotopic (exact) mass is 447 g/mol. The van der Waals surface area contributed by atoms with Crippen LogP contribution in [0.15, 0.2) is 48.5 Å². The Kier molecular flexibility index (Phi) is 5.91. The second kappa shape index (κ2) is 9.00. The number of ether oxygens (including phenoxy) is 3. The van der Waals surface area contributed by atoms with Gasteiger partial charge in [0.2, 0.25) is 0 Å². The molecule has 2 saturated heterocycles. The van der Waals surface area contributed by atoms with E-state index in [9.17, 15) is 4.79 Å². The number of carbonyl (C=O) groups is 1. The fourth-order valence-electron chi connectivity index (χ4n) is 4.48. The third kappa shape index (κ3) is 4.51. The molecular weight excluding hydrogens is 418 g/mol. The van der Waals surface area contributed by atoms with Crippen molar-refractivity contribution in [3.05, 3.63) is 59.7 Å². The molecule has 5 rings (SSSR count). The largest absolute Gasteiger partial charge is 0.481 e. The minimum absolute atomic E-state index is 0.0840. The minimum atomic E-state index is -0.412. The van der Waals surface area contributed by atoms with Crippen LogP contribution in [0.25, 0.3) is 10.9 Å². The maximum atomic E-state index is 12.5. The van der Waals surface area contributed by atoms with Gasteiger partial charge in [0.25, 0.3) is 5.91 Å². The number of aryl methyl sites for hydroxylation is 1. The molecule has 0 radical (unpaired) electrons. The molecular formula is C26H29N3O4. The Morgan fingerprint density at radius 2 is 1.82 bits per heavy atom. The van der Waals surface area contributed by atoms with Crippen molar-refractivity contribution >= 4 is 28.3 Å². The van der Waals surface area contributed by atoms with E-state index >= 15 is 0 Å². The summed E-state index contributed by atoms with van der Waals surface area (Å²) in [5.41, 5.74) is 3.75. The number of fused-ring (bicyclic) bond motifs is 1. The Morgan fingerprint density at radius 3 is 2.61 bits per heavy atom. The zero-order valence-electron chi connectivity index (χ0n) is 19.1. The molecule has 2 aliphatic heterocycles. The van der Waals surface area contributed by atoms with E-state index in [4.69, 9.17) is 19.2 Å². The molecule has 0 bridgehead atoms. The van der Waals surface area contributed by atoms with E-state index in [1.807, 2.05) is 62.4 Å². The lowest BCUT2D eigenvalue weighted by Crippen LogP contribution is -2.45. The number of pyridine rings is 1. The fourth-order valence-corrected chi connectivity index (χ4v) is 4.48. The molecule has 1 amide bonds. The number of aromatic nitrogens is 1. The van der Waals surface area contributed by atoms with Gasteiger partial charge in [0.15, 0.2) is 12.4 Å². The third-order valence-corrected chi connectivity index (χ3v) is 6.57. The van der Waals surface area contributed by atoms with E-state index in [2.05, 4.69) is 10.2 Å². The smallest absolute Gasteiger partial charge is 0.262 e. The lowest BCUT2D eigenvalue weighted by molar-refractivity contribution is -0.169. The highest BCUT2D eigenvalue weighted by molar-refractivity contribution is 5.93. The van der Waals surface area contributed by atoms with Gasteiger partial charge in [-0.15, -0.1) is 0 Å². The van der Waals surface area contributed by atoms with E-state index < -0.39 is 5.79 Å². The molecule has 1 aromatic heterocycles. The Balaban J connectivity index is 1.28. The van der Waals surface area contributed by atoms with Gasteiger partial charge in [0, 0.05) is 37.0 Å². The van der Waals surface area contributed by atoms with Crippen LogP contribution in [0, 0.1) is 13.8 Å². The number of amides is 1. The highest BCUT2D eigenvalue weighted by Crippen LogP contribution is 2.34. The van der Waals surface area contributed by atoms with Crippen molar-refractivity contribution in [3.63, 3.8) is 0 Å². The summed E-state index contributed by atoms with van der Waals surface area (Å²) in [5.74, 6) is 0.882. The number of hydrogen-bond acceptors (Lipinski definition) is 6. The van der Waals surface area contributed by atoms with Crippen LogP contribution < -0.4 is 15.0 Å². The van der Waals surface area contributed by atoms with Crippen LogP contribution in [0.5, 0.6) is 5.75 Å². The predicted octanol–water partition coefficient (Wildman–Crippen LogP) is 4.21. The quantitative estimate of drug-likeness (QED) is 0.632. The molecule has 172 valence electrons. The van der Waals surface area contributed by atoms with Crippen LogP contribution in [0.4, 0.5) is 11.5 Å². The molecule has 1 spiro atoms. The zero-order chi connectivity index (χ0) is 22.8. The summed E-state index contributed by atoms with van der Waals surface area (Å²) in [5, 5.41) is 3.91. The number of hydrogen-bond donors (Lipinski definition) is 1. The Hall–Kier alpha value is -3.16. The summed E-state index contributed by atoms with van der Waals surface area (Å²) in [6, 6.07) is 15.7. The van der Waals surface area contributed by atoms with Crippen LogP contribution >= 0.6 is 0 Å². The van der Waals surface area contributed by atoms with Crippen LogP contribution in [-0.4, -0.2) is 49.6 Å². The standard InChI is InChI=1S/C26H29N3O4/c1-18-5-3-7-21(19(18)2)27-24(30)17-31-22-8-4-6-20-9-10-23(28-25(20)22)29-13-11-26(12-14-29)32-15-16-33-26/h3-10H,11-17H2,1-2H3,(H,27,30). The van der Waals surface area contributed by atoms with Gasteiger partial charge < -0.3 is 24.4 Å². The van der Waals surface area contributed by atoms with E-state index in [1.54, 1.807) is 0 Å². The van der Waals surface area contributed by atoms with Crippen molar-refractivity contribution in [1.82, 2.24) is 4.98 Å². The van der Waals surface area contributed by atoms with Gasteiger partial charge in [-0.3, -0.25) is 4.79 Å². The molecule has 3 aromatic rings. The molecule has 0 atom stereocenters. The van der Waals surface area contributed by atoms with E-state index in [0.29, 0.717) is 19.0 Å². The molecule has 0 saturated carbocycles. The molecule has 1 N–H and O–H groups in total. The number of piperidine rings is 1. The summed E-state index contributed by atoms with van der Waals surface area (Å²) in [6.07, 6.45) is 1.65. The molecule has 7 heteroatoms. The molecule has 7 nitrogen and oxygen atoms in total. The number of benzene rings is 2. The number of rotatable bonds is 5. The number of nitrogens with zero attached hydrogens (tertiary/aromatic N) is 2. The minimum Gasteiger partial charge on any atom is -0.481 e. The van der Waals surface area contributed by atoms with Gasteiger partial charge in [0.1, 0.15) is 17.1 Å². The van der Waals surface area contributed by atoms with Gasteiger partial charge in [0.05, 0.1) is 13.2 Å². The summed E-state index contributed by atoms with van der Waals surface area (Å²) in [4.78, 5) is 19.7. The molecule has 2 fully saturated rings. The van der Waals surface area contributed by atoms with Gasteiger partial charge in [-0.2, -0.15) is 0 Å². The van der Waals surface area contributed by atoms with E-state index in [0.717, 1.165) is 59.5 Å². The highest BCUT2D eigenvalue weighted by atomic mass is 16.7. The van der Waals surface area contributed by atoms with Crippen LogP contribution in [0.2, 0.25) is 0 Å². The zero-order valence-corrected chi connectivity index (χ0v) is 19.1. The molecule has 0 aliphatic carbocycles. The Morgan fingerprint density at radius 1 is 1.06 bits per heavy atom. The van der Waals surface area contributed by atoms with Crippen molar-refractivity contribution in [3.8, 4) is 5.75 Å². The maximum absolute atomic E-state index is 12.5. The Bertz CT molecular complexity index is 1160. The van der Waals surface area contributed by atoms with E-state index in [1.165, 1.54) is 0 Å². The average molecular weight is 448 g/mol. The first-order chi connectivity index (χ1) is 16.0. The molecule has 2 aliphatic rings. The van der Waals surface area contributed by atoms with Gasteiger partial charge >= 0.3 is 0 Å². The number of anilines is 2. The molecule has 0 unspecified atom stereocenters. The third-order valence-electron chi connectivity index (χ3n) is 6.57. The second-order valence-corrected chi connectivity index (χ2v) is 8.68. The predicted molar refractivity (Wildman–Crippen MR) is 128 cm³/mol. The average Bonchev–Trinajstić information content (AvgIpc) is 3.28. The van der Waals surface area contributed by atoms with Crippen LogP contribution in [0.1, 0.15) is 24.0 Å². The van der Waals surface area contributed by atoms with Crippen LogP contribution in [0.3, 0.4) is 0 Å². The first-order valence-corrected chi connectivity index (χ1v) is 11.4. The fraction of sp³-hybridized carbons (Fsp3) is 0.385. The maximum Gasteiger partial charge on any atom is 0.262 e. The summed E-state index contributed by atoms with van der Waals surface area (Å²) >= 11 is 0. The summed E-state index contributed by atoms with van der Waals surface area (Å²) in [7, 11) is 0. The lowest BCUT2D eigenvalue weighted by Gasteiger charge is -2.38.